The van der Waals surface area contributed by atoms with Gasteiger partial charge in [-0.3, -0.25) is 0 Å². The Hall–Kier alpha value is -2.15. The first kappa shape index (κ1) is 16.9. The van der Waals surface area contributed by atoms with Gasteiger partial charge in [0.05, 0.1) is 6.04 Å². The normalized spacial score (nSPS) is 13.3. The first-order chi connectivity index (χ1) is 9.84. The fourth-order valence-electron chi connectivity index (χ4n) is 1.76. The molecule has 0 saturated carbocycles. The Morgan fingerprint density at radius 2 is 2.00 bits per heavy atom. The van der Waals surface area contributed by atoms with Gasteiger partial charge in [-0.15, -0.1) is 0 Å². The maximum atomic E-state index is 13.7. The van der Waals surface area contributed by atoms with E-state index in [-0.39, 0.29) is 13.0 Å². The molecule has 2 amide bonds. The molecule has 1 aromatic rings. The van der Waals surface area contributed by atoms with Gasteiger partial charge in [0.25, 0.3) is 0 Å². The molecule has 1 unspecified atom stereocenters. The highest BCUT2D eigenvalue weighted by Gasteiger charge is 2.20. The van der Waals surface area contributed by atoms with Gasteiger partial charge in [0.1, 0.15) is 5.82 Å². The van der Waals surface area contributed by atoms with E-state index in [1.165, 1.54) is 18.0 Å². The van der Waals surface area contributed by atoms with Gasteiger partial charge in [-0.25, -0.2) is 14.0 Å². The van der Waals surface area contributed by atoms with Crippen LogP contribution in [0, 0.1) is 5.82 Å². The second-order valence-electron chi connectivity index (χ2n) is 4.68. The zero-order valence-corrected chi connectivity index (χ0v) is 11.9. The van der Waals surface area contributed by atoms with Crippen molar-refractivity contribution in [3.05, 3.63) is 35.6 Å². The third-order valence-electron chi connectivity index (χ3n) is 3.24. The molecule has 21 heavy (non-hydrogen) atoms. The number of hydrogen-bond acceptors (Lipinski definition) is 3. The number of hydrogen-bond donors (Lipinski definition) is 3. The molecule has 2 atom stereocenters. The van der Waals surface area contributed by atoms with Gasteiger partial charge in [0.15, 0.2) is 6.10 Å². The summed E-state index contributed by atoms with van der Waals surface area (Å²) in [6, 6.07) is 5.22. The fraction of sp³-hybridized carbons (Fsp3) is 0.429. The molecular formula is C14H19FN2O4. The number of carbonyl (C=O) groups is 2. The van der Waals surface area contributed by atoms with Crippen LogP contribution in [0.4, 0.5) is 9.18 Å². The zero-order valence-electron chi connectivity index (χ0n) is 11.9. The van der Waals surface area contributed by atoms with E-state index in [1.54, 1.807) is 25.1 Å². The average molecular weight is 298 g/mol. The summed E-state index contributed by atoms with van der Waals surface area (Å²) in [4.78, 5) is 23.6. The van der Waals surface area contributed by atoms with E-state index in [4.69, 9.17) is 10.2 Å². The van der Waals surface area contributed by atoms with E-state index in [0.29, 0.717) is 5.56 Å². The van der Waals surface area contributed by atoms with E-state index in [2.05, 4.69) is 5.32 Å². The van der Waals surface area contributed by atoms with Gasteiger partial charge in [-0.2, -0.15) is 0 Å². The van der Waals surface area contributed by atoms with Crippen molar-refractivity contribution in [3.8, 4) is 0 Å². The van der Waals surface area contributed by atoms with Crippen molar-refractivity contribution in [2.75, 3.05) is 13.6 Å². The van der Waals surface area contributed by atoms with Crippen LogP contribution in [0.2, 0.25) is 0 Å². The Bertz CT molecular complexity index is 510. The summed E-state index contributed by atoms with van der Waals surface area (Å²) in [5, 5.41) is 20.1. The number of aliphatic hydroxyl groups is 1. The van der Waals surface area contributed by atoms with Crippen LogP contribution in [0.15, 0.2) is 24.3 Å². The lowest BCUT2D eigenvalue weighted by atomic mass is 10.1. The zero-order chi connectivity index (χ0) is 16.0. The minimum absolute atomic E-state index is 0.0145. The number of urea groups is 1. The van der Waals surface area contributed by atoms with E-state index >= 15 is 0 Å². The number of carboxylic acids is 1. The summed E-state index contributed by atoms with van der Waals surface area (Å²) < 4.78 is 13.7. The number of nitrogens with one attached hydrogen (secondary N) is 1. The highest BCUT2D eigenvalue weighted by molar-refractivity contribution is 5.75. The number of benzene rings is 1. The molecule has 1 rings (SSSR count). The second kappa shape index (κ2) is 7.58. The van der Waals surface area contributed by atoms with Crippen LogP contribution in [0.1, 0.15) is 24.9 Å². The van der Waals surface area contributed by atoms with Gasteiger partial charge in [0.2, 0.25) is 0 Å². The van der Waals surface area contributed by atoms with Gasteiger partial charge in [0, 0.05) is 25.6 Å². The molecule has 0 aliphatic rings. The van der Waals surface area contributed by atoms with Gasteiger partial charge >= 0.3 is 12.0 Å². The van der Waals surface area contributed by atoms with Gasteiger partial charge < -0.3 is 20.4 Å². The molecule has 0 saturated heterocycles. The Morgan fingerprint density at radius 1 is 1.38 bits per heavy atom. The maximum Gasteiger partial charge on any atom is 0.332 e. The molecule has 0 heterocycles. The average Bonchev–Trinajstić information content (AvgIpc) is 2.45. The van der Waals surface area contributed by atoms with E-state index < -0.39 is 30.0 Å². The van der Waals surface area contributed by atoms with Crippen molar-refractivity contribution >= 4 is 12.0 Å². The summed E-state index contributed by atoms with van der Waals surface area (Å²) in [7, 11) is 1.51. The Morgan fingerprint density at radius 3 is 2.57 bits per heavy atom. The molecule has 0 radical (unpaired) electrons. The highest BCUT2D eigenvalue weighted by Crippen LogP contribution is 2.21. The molecule has 0 fully saturated rings. The summed E-state index contributed by atoms with van der Waals surface area (Å²) in [5.74, 6) is -1.73. The topological polar surface area (TPSA) is 89.9 Å². The number of carbonyl (C=O) groups excluding carboxylic acids is 1. The van der Waals surface area contributed by atoms with Crippen molar-refractivity contribution in [1.29, 1.82) is 0 Å². The van der Waals surface area contributed by atoms with Crippen LogP contribution in [-0.4, -0.2) is 46.8 Å². The number of aliphatic hydroxyl groups excluding tert-OH is 1. The lowest BCUT2D eigenvalue weighted by molar-refractivity contribution is -0.146. The third kappa shape index (κ3) is 4.71. The molecule has 7 heteroatoms. The molecule has 0 aromatic heterocycles. The quantitative estimate of drug-likeness (QED) is 0.740. The molecule has 0 spiro atoms. The molecule has 0 aliphatic carbocycles. The lowest BCUT2D eigenvalue weighted by Gasteiger charge is -2.26. The van der Waals surface area contributed by atoms with Crippen LogP contribution in [-0.2, 0) is 4.79 Å². The van der Waals surface area contributed by atoms with Crippen molar-refractivity contribution in [2.24, 2.45) is 0 Å². The van der Waals surface area contributed by atoms with Crippen molar-refractivity contribution in [2.45, 2.75) is 25.5 Å². The summed E-state index contributed by atoms with van der Waals surface area (Å²) in [5.41, 5.74) is 0.390. The van der Waals surface area contributed by atoms with Crippen LogP contribution in [0.5, 0.6) is 0 Å². The fourth-order valence-corrected chi connectivity index (χ4v) is 1.76. The van der Waals surface area contributed by atoms with Crippen LogP contribution < -0.4 is 5.32 Å². The lowest BCUT2D eigenvalue weighted by Crippen LogP contribution is -2.40. The number of halogens is 1. The summed E-state index contributed by atoms with van der Waals surface area (Å²) >= 11 is 0. The molecule has 1 aromatic carbocycles. The van der Waals surface area contributed by atoms with Crippen LogP contribution in [0.3, 0.4) is 0 Å². The van der Waals surface area contributed by atoms with E-state index in [1.807, 2.05) is 0 Å². The first-order valence-electron chi connectivity index (χ1n) is 6.50. The SMILES string of the molecule is CC(c1ccccc1F)N(C)C(=O)NCC[C@H](O)C(=O)O. The van der Waals surface area contributed by atoms with Crippen LogP contribution >= 0.6 is 0 Å². The van der Waals surface area contributed by atoms with Gasteiger partial charge in [-0.1, -0.05) is 18.2 Å². The Balaban J connectivity index is 2.54. The molecule has 0 aliphatic heterocycles. The number of nitrogens with zero attached hydrogens (tertiary/aromatic N) is 1. The number of aliphatic carboxylic acids is 1. The molecule has 0 bridgehead atoms. The monoisotopic (exact) mass is 298 g/mol. The smallest absolute Gasteiger partial charge is 0.332 e. The van der Waals surface area contributed by atoms with Crippen molar-refractivity contribution in [1.82, 2.24) is 10.2 Å². The predicted octanol–water partition coefficient (Wildman–Crippen LogP) is 1.36. The number of amides is 2. The summed E-state index contributed by atoms with van der Waals surface area (Å²) in [6.45, 7) is 1.70. The van der Waals surface area contributed by atoms with Crippen LogP contribution in [0.25, 0.3) is 0 Å². The molecule has 6 nitrogen and oxygen atoms in total. The standard InChI is InChI=1S/C14H19FN2O4/c1-9(10-5-3-4-6-11(10)15)17(2)14(21)16-8-7-12(18)13(19)20/h3-6,9,12,18H,7-8H2,1-2H3,(H,16,21)(H,19,20)/t9?,12-/m0/s1. The maximum absolute atomic E-state index is 13.7. The second-order valence-corrected chi connectivity index (χ2v) is 4.68. The van der Waals surface area contributed by atoms with Crippen molar-refractivity contribution < 1.29 is 24.2 Å². The van der Waals surface area contributed by atoms with Gasteiger partial charge in [-0.05, 0) is 13.0 Å². The predicted molar refractivity (Wildman–Crippen MR) is 74.2 cm³/mol. The minimum Gasteiger partial charge on any atom is -0.479 e. The first-order valence-corrected chi connectivity index (χ1v) is 6.50. The third-order valence-corrected chi connectivity index (χ3v) is 3.24. The summed E-state index contributed by atoms with van der Waals surface area (Å²) in [6.07, 6.45) is -1.61. The van der Waals surface area contributed by atoms with E-state index in [9.17, 15) is 14.0 Å². The highest BCUT2D eigenvalue weighted by atomic mass is 19.1. The minimum atomic E-state index is -1.51. The van der Waals surface area contributed by atoms with E-state index in [0.717, 1.165) is 0 Å². The molecule has 3 N–H and O–H groups in total. The van der Waals surface area contributed by atoms with Crippen molar-refractivity contribution in [3.63, 3.8) is 0 Å². The number of rotatable bonds is 6. The molecular weight excluding hydrogens is 279 g/mol. The number of carboxylic acid groups (broad SMARTS) is 1. The molecule has 116 valence electrons. The largest absolute Gasteiger partial charge is 0.479 e. The Kier molecular flexibility index (Phi) is 6.10. The Labute approximate surface area is 122 Å².